The van der Waals surface area contributed by atoms with Crippen LogP contribution in [0.1, 0.15) is 46.0 Å². The maximum atomic E-state index is 11.7. The van der Waals surface area contributed by atoms with Crippen molar-refractivity contribution in [1.29, 1.82) is 0 Å². The van der Waals surface area contributed by atoms with Crippen LogP contribution in [0.25, 0.3) is 0 Å². The Hall–Kier alpha value is -0.410. The van der Waals surface area contributed by atoms with E-state index in [4.69, 9.17) is 9.47 Å². The summed E-state index contributed by atoms with van der Waals surface area (Å²) >= 11 is 0. The standard InChI is InChI=1S/C13H22O3/c1-13(2)10(6-7-11(13)14)9-16-12-5-3-4-8-15-12/h10,12H,3-9H2,1-2H3/t10-,12?/m1/s1. The number of Topliss-reactive ketones (excluding diaryl/α,β-unsaturated/α-hetero) is 1. The third kappa shape index (κ3) is 2.46. The Bertz CT molecular complexity index is 254. The molecule has 0 amide bonds. The van der Waals surface area contributed by atoms with Gasteiger partial charge in [0.2, 0.25) is 0 Å². The van der Waals surface area contributed by atoms with Crippen LogP contribution in [-0.4, -0.2) is 25.3 Å². The Morgan fingerprint density at radius 3 is 2.75 bits per heavy atom. The van der Waals surface area contributed by atoms with Crippen LogP contribution in [0.15, 0.2) is 0 Å². The lowest BCUT2D eigenvalue weighted by Crippen LogP contribution is -2.31. The third-order valence-corrected chi connectivity index (χ3v) is 4.08. The van der Waals surface area contributed by atoms with Crippen molar-refractivity contribution >= 4 is 5.78 Å². The number of carbonyl (C=O) groups excluding carboxylic acids is 1. The highest BCUT2D eigenvalue weighted by Crippen LogP contribution is 2.40. The highest BCUT2D eigenvalue weighted by Gasteiger charge is 2.42. The number of hydrogen-bond acceptors (Lipinski definition) is 3. The SMILES string of the molecule is CC1(C)C(=O)CC[C@@H]1COC1CCCCO1. The normalized spacial score (nSPS) is 34.2. The summed E-state index contributed by atoms with van der Waals surface area (Å²) in [7, 11) is 0. The second-order valence-corrected chi connectivity index (χ2v) is 5.51. The Kier molecular flexibility index (Phi) is 3.65. The average Bonchev–Trinajstić information content (AvgIpc) is 2.53. The van der Waals surface area contributed by atoms with E-state index in [1.54, 1.807) is 0 Å². The molecule has 3 heteroatoms. The van der Waals surface area contributed by atoms with E-state index in [-0.39, 0.29) is 11.7 Å². The third-order valence-electron chi connectivity index (χ3n) is 4.08. The van der Waals surface area contributed by atoms with Gasteiger partial charge in [-0.05, 0) is 31.6 Å². The largest absolute Gasteiger partial charge is 0.353 e. The monoisotopic (exact) mass is 226 g/mol. The van der Waals surface area contributed by atoms with Crippen LogP contribution in [0.2, 0.25) is 0 Å². The quantitative estimate of drug-likeness (QED) is 0.742. The van der Waals surface area contributed by atoms with Crippen LogP contribution < -0.4 is 0 Å². The summed E-state index contributed by atoms with van der Waals surface area (Å²) in [6.07, 6.45) is 5.00. The predicted octanol–water partition coefficient (Wildman–Crippen LogP) is 2.53. The van der Waals surface area contributed by atoms with Gasteiger partial charge in [-0.3, -0.25) is 4.79 Å². The van der Waals surface area contributed by atoms with E-state index in [0.29, 0.717) is 24.7 Å². The molecule has 3 nitrogen and oxygen atoms in total. The first-order valence-corrected chi connectivity index (χ1v) is 6.37. The second kappa shape index (κ2) is 4.84. The lowest BCUT2D eigenvalue weighted by atomic mass is 9.82. The van der Waals surface area contributed by atoms with Gasteiger partial charge in [-0.25, -0.2) is 0 Å². The zero-order valence-corrected chi connectivity index (χ0v) is 10.3. The van der Waals surface area contributed by atoms with E-state index in [2.05, 4.69) is 0 Å². The molecule has 0 bridgehead atoms. The van der Waals surface area contributed by atoms with Crippen molar-refractivity contribution in [3.05, 3.63) is 0 Å². The summed E-state index contributed by atoms with van der Waals surface area (Å²) in [6, 6.07) is 0. The van der Waals surface area contributed by atoms with E-state index >= 15 is 0 Å². The van der Waals surface area contributed by atoms with Crippen LogP contribution in [0.4, 0.5) is 0 Å². The van der Waals surface area contributed by atoms with Gasteiger partial charge in [0.1, 0.15) is 5.78 Å². The molecule has 1 aliphatic carbocycles. The molecule has 0 N–H and O–H groups in total. The molecule has 0 spiro atoms. The summed E-state index contributed by atoms with van der Waals surface area (Å²) in [5.41, 5.74) is -0.200. The Balaban J connectivity index is 1.79. The average molecular weight is 226 g/mol. The van der Waals surface area contributed by atoms with Crippen LogP contribution in [0.5, 0.6) is 0 Å². The highest BCUT2D eigenvalue weighted by atomic mass is 16.7. The van der Waals surface area contributed by atoms with Gasteiger partial charge in [-0.1, -0.05) is 13.8 Å². The molecule has 0 aromatic heterocycles. The minimum absolute atomic E-state index is 0.0275. The summed E-state index contributed by atoms with van der Waals surface area (Å²) < 4.78 is 11.3. The van der Waals surface area contributed by atoms with Crippen molar-refractivity contribution in [2.75, 3.05) is 13.2 Å². The fourth-order valence-electron chi connectivity index (χ4n) is 2.57. The molecule has 0 aromatic rings. The van der Waals surface area contributed by atoms with Gasteiger partial charge in [-0.2, -0.15) is 0 Å². The second-order valence-electron chi connectivity index (χ2n) is 5.51. The van der Waals surface area contributed by atoms with Gasteiger partial charge in [0, 0.05) is 18.4 Å². The van der Waals surface area contributed by atoms with Crippen molar-refractivity contribution in [1.82, 2.24) is 0 Å². The lowest BCUT2D eigenvalue weighted by molar-refractivity contribution is -0.173. The smallest absolute Gasteiger partial charge is 0.157 e. The molecule has 0 radical (unpaired) electrons. The summed E-state index contributed by atoms with van der Waals surface area (Å²) in [5.74, 6) is 0.746. The zero-order chi connectivity index (χ0) is 11.6. The molecule has 2 rings (SSSR count). The number of hydrogen-bond donors (Lipinski definition) is 0. The van der Waals surface area contributed by atoms with Crippen LogP contribution >= 0.6 is 0 Å². The molecule has 2 atom stereocenters. The number of rotatable bonds is 3. The molecule has 16 heavy (non-hydrogen) atoms. The van der Waals surface area contributed by atoms with Crippen molar-refractivity contribution in [2.24, 2.45) is 11.3 Å². The molecule has 2 aliphatic rings. The topological polar surface area (TPSA) is 35.5 Å². The van der Waals surface area contributed by atoms with Gasteiger partial charge in [0.25, 0.3) is 0 Å². The molecule has 92 valence electrons. The number of ketones is 1. The zero-order valence-electron chi connectivity index (χ0n) is 10.3. The van der Waals surface area contributed by atoms with Crippen LogP contribution in [0.3, 0.4) is 0 Å². The van der Waals surface area contributed by atoms with Crippen LogP contribution in [0, 0.1) is 11.3 Å². The fourth-order valence-corrected chi connectivity index (χ4v) is 2.57. The molecule has 1 heterocycles. The first-order valence-electron chi connectivity index (χ1n) is 6.37. The fraction of sp³-hybridized carbons (Fsp3) is 0.923. The molecule has 0 aromatic carbocycles. The maximum Gasteiger partial charge on any atom is 0.157 e. The maximum absolute atomic E-state index is 11.7. The van der Waals surface area contributed by atoms with E-state index in [1.807, 2.05) is 13.8 Å². The minimum atomic E-state index is -0.200. The first kappa shape index (κ1) is 12.1. The van der Waals surface area contributed by atoms with Crippen molar-refractivity contribution in [3.63, 3.8) is 0 Å². The van der Waals surface area contributed by atoms with Gasteiger partial charge >= 0.3 is 0 Å². The van der Waals surface area contributed by atoms with E-state index < -0.39 is 0 Å². The van der Waals surface area contributed by atoms with Gasteiger partial charge in [-0.15, -0.1) is 0 Å². The summed E-state index contributed by atoms with van der Waals surface area (Å²) in [5, 5.41) is 0. The van der Waals surface area contributed by atoms with E-state index in [0.717, 1.165) is 25.9 Å². The molecular formula is C13H22O3. The summed E-state index contributed by atoms with van der Waals surface area (Å²) in [4.78, 5) is 11.7. The van der Waals surface area contributed by atoms with Crippen molar-refractivity contribution in [2.45, 2.75) is 52.2 Å². The van der Waals surface area contributed by atoms with Crippen molar-refractivity contribution < 1.29 is 14.3 Å². The molecular weight excluding hydrogens is 204 g/mol. The minimum Gasteiger partial charge on any atom is -0.353 e. The Morgan fingerprint density at radius 1 is 1.38 bits per heavy atom. The van der Waals surface area contributed by atoms with Gasteiger partial charge in [0.05, 0.1) is 6.61 Å². The molecule has 1 aliphatic heterocycles. The van der Waals surface area contributed by atoms with Crippen molar-refractivity contribution in [3.8, 4) is 0 Å². The van der Waals surface area contributed by atoms with Gasteiger partial charge < -0.3 is 9.47 Å². The Morgan fingerprint density at radius 2 is 2.19 bits per heavy atom. The van der Waals surface area contributed by atoms with Gasteiger partial charge in [0.15, 0.2) is 6.29 Å². The number of carbonyl (C=O) groups is 1. The van der Waals surface area contributed by atoms with E-state index in [9.17, 15) is 4.79 Å². The predicted molar refractivity (Wildman–Crippen MR) is 61.1 cm³/mol. The molecule has 2 fully saturated rings. The molecule has 1 saturated carbocycles. The molecule has 1 unspecified atom stereocenters. The number of ether oxygens (including phenoxy) is 2. The van der Waals surface area contributed by atoms with E-state index in [1.165, 1.54) is 6.42 Å². The summed E-state index contributed by atoms with van der Waals surface area (Å²) in [6.45, 7) is 5.57. The molecule has 1 saturated heterocycles. The van der Waals surface area contributed by atoms with Crippen LogP contribution in [-0.2, 0) is 14.3 Å². The Labute approximate surface area is 97.5 Å². The lowest BCUT2D eigenvalue weighted by Gasteiger charge is -2.28. The highest BCUT2D eigenvalue weighted by molar-refractivity contribution is 5.86. The first-order chi connectivity index (χ1) is 7.60.